The van der Waals surface area contributed by atoms with Gasteiger partial charge in [-0.1, -0.05) is 12.2 Å². The molecule has 534 valence electrons. The third-order valence-electron chi connectivity index (χ3n) is 17.8. The maximum absolute atomic E-state index is 12.3. The van der Waals surface area contributed by atoms with Gasteiger partial charge in [-0.3, -0.25) is 34.6 Å². The van der Waals surface area contributed by atoms with E-state index >= 15 is 0 Å². The van der Waals surface area contributed by atoms with Crippen molar-refractivity contribution in [1.82, 2.24) is 57.2 Å². The van der Waals surface area contributed by atoms with E-state index in [1.54, 1.807) is 94.0 Å². The number of nitrogens with one attached hydrogen (secondary N) is 1. The van der Waals surface area contributed by atoms with Crippen molar-refractivity contribution < 1.29 is 38.1 Å². The van der Waals surface area contributed by atoms with Crippen molar-refractivity contribution in [2.75, 3.05) is 42.5 Å². The van der Waals surface area contributed by atoms with Crippen LogP contribution in [0.25, 0.3) is 55.8 Å². The van der Waals surface area contributed by atoms with E-state index in [-0.39, 0.29) is 39.8 Å². The third kappa shape index (κ3) is 16.8. The summed E-state index contributed by atoms with van der Waals surface area (Å²) in [6.45, 7) is 21.4. The first-order valence-corrected chi connectivity index (χ1v) is 32.1. The van der Waals surface area contributed by atoms with Crippen LogP contribution in [0.2, 0.25) is 0 Å². The summed E-state index contributed by atoms with van der Waals surface area (Å²) in [5.74, 6) is 1.54. The van der Waals surface area contributed by atoms with Crippen LogP contribution in [0.1, 0.15) is 83.3 Å². The quantitative estimate of drug-likeness (QED) is 0.0798. The number of methoxy groups -OCH3 is 4. The number of aromatic amines is 1. The van der Waals surface area contributed by atoms with E-state index in [4.69, 9.17) is 28.3 Å². The molecule has 0 saturated carbocycles. The van der Waals surface area contributed by atoms with Crippen molar-refractivity contribution >= 4 is 79.7 Å². The van der Waals surface area contributed by atoms with E-state index in [1.807, 2.05) is 170 Å². The SMILES string of the molecule is COc1ncc(C)c(/C=C/N(C)C)c1[N+](=O)[O-].COc1ncc(C)c(C)c1[N+](=O)[O-].COc1ncc(C)c2c1CC=C2.COc1ncc(C)c2ccn(C)c12.Cc1c[nH]c(=O)c2c1ccn2C.Cc1cn(C)c(=O)c2c1ccn2C.Cn1cc(B2OC(C)(C)C(C)(C)O2)c2ccn(C)c2c1=O. The number of H-pyrrole nitrogens is 1. The van der Waals surface area contributed by atoms with Crippen molar-refractivity contribution in [2.45, 2.75) is 93.8 Å². The van der Waals surface area contributed by atoms with Gasteiger partial charge in [0.25, 0.3) is 28.4 Å². The summed E-state index contributed by atoms with van der Waals surface area (Å²) in [6, 6.07) is 7.96. The van der Waals surface area contributed by atoms with E-state index in [0.29, 0.717) is 22.5 Å². The highest BCUT2D eigenvalue weighted by molar-refractivity contribution is 6.65. The first kappa shape index (κ1) is 77.2. The molecule has 0 aromatic carbocycles. The monoisotopic (exact) mass is 1380 g/mol. The van der Waals surface area contributed by atoms with E-state index in [1.165, 1.54) is 41.9 Å². The Balaban J connectivity index is 0.000000167. The molecule has 101 heavy (non-hydrogen) atoms. The average Bonchev–Trinajstić information content (AvgIpc) is 1.64. The molecule has 0 unspecified atom stereocenters. The highest BCUT2D eigenvalue weighted by Crippen LogP contribution is 2.38. The largest absolute Gasteiger partial charge is 0.497 e. The molecule has 13 rings (SSSR count). The molecule has 2 aliphatic rings. The lowest BCUT2D eigenvalue weighted by molar-refractivity contribution is -0.386. The molecule has 0 spiro atoms. The van der Waals surface area contributed by atoms with E-state index < -0.39 is 28.2 Å². The number of rotatable bonds is 9. The second-order valence-corrected chi connectivity index (χ2v) is 25.7. The summed E-state index contributed by atoms with van der Waals surface area (Å²) in [7, 11) is 20.4. The highest BCUT2D eigenvalue weighted by atomic mass is 16.7. The summed E-state index contributed by atoms with van der Waals surface area (Å²) in [5, 5.41) is 25.8. The lowest BCUT2D eigenvalue weighted by Gasteiger charge is -2.32. The van der Waals surface area contributed by atoms with Crippen molar-refractivity contribution in [3.8, 4) is 23.5 Å². The Hall–Kier alpha value is -11.1. The van der Waals surface area contributed by atoms with Gasteiger partial charge in [-0.05, 0) is 158 Å². The van der Waals surface area contributed by atoms with Crippen molar-refractivity contribution in [2.24, 2.45) is 42.3 Å². The Morgan fingerprint density at radius 1 is 0.545 bits per heavy atom. The molecule has 12 heterocycles. The number of hydrogen-bond donors (Lipinski definition) is 1. The number of nitrogens with zero attached hydrogens (tertiary/aromatic N) is 13. The zero-order valence-corrected chi connectivity index (χ0v) is 61.9. The van der Waals surface area contributed by atoms with Gasteiger partial charge in [-0.25, -0.2) is 19.9 Å². The first-order chi connectivity index (χ1) is 47.6. The topological polar surface area (TPSA) is 293 Å². The average molecular weight is 1380 g/mol. The first-order valence-electron chi connectivity index (χ1n) is 32.1. The van der Waals surface area contributed by atoms with Gasteiger partial charge < -0.3 is 65.5 Å². The normalized spacial score (nSPS) is 12.9. The van der Waals surface area contributed by atoms with Gasteiger partial charge >= 0.3 is 18.5 Å². The minimum absolute atomic E-state index is 0.0160. The van der Waals surface area contributed by atoms with Crippen LogP contribution in [0.4, 0.5) is 11.4 Å². The van der Waals surface area contributed by atoms with Crippen LogP contribution in [-0.4, -0.2) is 128 Å². The Kier molecular flexibility index (Phi) is 24.7. The number of allylic oxidation sites excluding steroid dienone is 1. The molecular weight excluding hydrogens is 1290 g/mol. The van der Waals surface area contributed by atoms with Gasteiger partial charge in [0, 0.05) is 163 Å². The number of aryl methyl sites for hydroxylation is 12. The van der Waals surface area contributed by atoms with Crippen LogP contribution in [0.15, 0.2) is 119 Å². The fourth-order valence-corrected chi connectivity index (χ4v) is 11.3. The van der Waals surface area contributed by atoms with Crippen molar-refractivity contribution in [3.63, 3.8) is 0 Å². The van der Waals surface area contributed by atoms with Gasteiger partial charge in [0.05, 0.1) is 55.1 Å². The number of hydrogen-bond acceptors (Lipinski definition) is 18. The van der Waals surface area contributed by atoms with Crippen molar-refractivity contribution in [1.29, 1.82) is 0 Å². The number of aromatic nitrogens is 11. The van der Waals surface area contributed by atoms with E-state index in [9.17, 15) is 34.6 Å². The van der Waals surface area contributed by atoms with E-state index in [0.717, 1.165) is 72.7 Å². The predicted octanol–water partition coefficient (Wildman–Crippen LogP) is 10.8. The second kappa shape index (κ2) is 32.3. The summed E-state index contributed by atoms with van der Waals surface area (Å²) >= 11 is 0. The number of ether oxygens (including phenoxy) is 4. The smallest absolute Gasteiger partial charge is 0.481 e. The second-order valence-electron chi connectivity index (χ2n) is 25.7. The number of nitro groups is 2. The highest BCUT2D eigenvalue weighted by Gasteiger charge is 2.52. The Morgan fingerprint density at radius 3 is 1.50 bits per heavy atom. The Morgan fingerprint density at radius 2 is 0.980 bits per heavy atom. The van der Waals surface area contributed by atoms with Crippen LogP contribution in [-0.2, 0) is 58.0 Å². The standard InChI is InChI=1S/C15H21BN2O3.C11H15N3O3.2C10H12N2O.C10H11NO.C9H10N2O.C8H10N2O3/c1-14(2)15(3,4)21-16(20-14)11-9-18(6)13(19)12-10(11)7-8-17(12)5;1-8-7-12-11(17-4)10(14(15)16)9(8)5-6-13(2)3;1-7-6-11-10(13-3)9-8(7)4-5-12(9)2;1-7-6-12(3)10(13)9-8(7)4-5-11(9)2;1-7-6-11-10(12-2)9-5-3-4-8(7)9;1-6-5-10-9(12)8-7(6)3-4-11(8)2;1-5-4-9-8(13-3)7(6(5)2)10(11)12/h7-9H,1-6H3;5-7H,1-4H3;2*4-6H,1-3H3;3-4,6H,5H2,1-2H3;3-5H,1-2H3,(H,10,12);4H,1-3H3/b;6-5+;;;;;. The molecule has 11 aromatic heterocycles. The fraction of sp³-hybridized carbons (Fsp3) is 0.356. The molecule has 1 aliphatic carbocycles. The third-order valence-corrected chi connectivity index (χ3v) is 17.8. The molecule has 1 saturated heterocycles. The van der Waals surface area contributed by atoms with Gasteiger partial charge in [0.2, 0.25) is 11.8 Å². The summed E-state index contributed by atoms with van der Waals surface area (Å²) in [6.07, 6.45) is 28.6. The van der Waals surface area contributed by atoms with Gasteiger partial charge in [0.15, 0.2) is 0 Å². The zero-order chi connectivity index (χ0) is 74.9. The van der Waals surface area contributed by atoms with Gasteiger partial charge in [-0.2, -0.15) is 0 Å². The zero-order valence-electron chi connectivity index (χ0n) is 61.9. The van der Waals surface area contributed by atoms with Gasteiger partial charge in [-0.15, -0.1) is 0 Å². The molecule has 1 fully saturated rings. The minimum atomic E-state index is -0.478. The predicted molar refractivity (Wildman–Crippen MR) is 397 cm³/mol. The van der Waals surface area contributed by atoms with Crippen LogP contribution in [0, 0.1) is 68.7 Å². The Labute approximate surface area is 586 Å². The molecule has 28 heteroatoms. The molecule has 0 radical (unpaired) electrons. The minimum Gasteiger partial charge on any atom is -0.481 e. The maximum Gasteiger partial charge on any atom is 0.497 e. The van der Waals surface area contributed by atoms with Crippen LogP contribution in [0.5, 0.6) is 23.5 Å². The van der Waals surface area contributed by atoms with E-state index in [2.05, 4.69) is 57.0 Å². The Bertz CT molecular complexity index is 5110. The van der Waals surface area contributed by atoms with Gasteiger partial charge in [0.1, 0.15) is 22.1 Å². The van der Waals surface area contributed by atoms with Crippen LogP contribution >= 0.6 is 0 Å². The summed E-state index contributed by atoms with van der Waals surface area (Å²) < 4.78 is 43.1. The molecule has 1 N–H and O–H groups in total. The lowest BCUT2D eigenvalue weighted by Crippen LogP contribution is -2.41. The molecular formula is C73H91BN14O13. The van der Waals surface area contributed by atoms with Crippen molar-refractivity contribution in [3.05, 3.63) is 212 Å². The summed E-state index contributed by atoms with van der Waals surface area (Å²) in [4.78, 5) is 76.7. The molecule has 11 aromatic rings. The molecule has 0 atom stereocenters. The fourth-order valence-electron chi connectivity index (χ4n) is 11.3. The molecule has 27 nitrogen and oxygen atoms in total. The molecule has 1 aliphatic heterocycles. The van der Waals surface area contributed by atoms with Crippen LogP contribution in [0.3, 0.4) is 0 Å². The molecule has 0 bridgehead atoms. The maximum atomic E-state index is 12.3. The summed E-state index contributed by atoms with van der Waals surface area (Å²) in [5.41, 5.74) is 13.0. The van der Waals surface area contributed by atoms with Crippen LogP contribution < -0.4 is 41.1 Å². The number of fused-ring (bicyclic) bond motifs is 5. The molecule has 0 amide bonds. The lowest BCUT2D eigenvalue weighted by atomic mass is 9.78. The number of pyridine rings is 7.